The summed E-state index contributed by atoms with van der Waals surface area (Å²) in [5, 5.41) is 10.9. The van der Waals surface area contributed by atoms with Gasteiger partial charge in [-0.15, -0.1) is 34.0 Å². The number of hydrogen-bond donors (Lipinski definition) is 0. The summed E-state index contributed by atoms with van der Waals surface area (Å²) in [4.78, 5) is 20.9. The minimum Gasteiger partial charge on any atom is -0.266 e. The average Bonchev–Trinajstić information content (AvgIpc) is 3.48. The number of rotatable bonds is 3. The van der Waals surface area contributed by atoms with Gasteiger partial charge in [0.1, 0.15) is 4.88 Å². The van der Waals surface area contributed by atoms with Gasteiger partial charge in [-0.25, -0.2) is 9.99 Å². The Hall–Kier alpha value is -2.09. The zero-order chi connectivity index (χ0) is 20.0. The van der Waals surface area contributed by atoms with E-state index in [1.54, 1.807) is 33.2 Å². The molecule has 3 atom stereocenters. The molecular weight excluding hydrogens is 418 g/mol. The molecule has 1 saturated carbocycles. The maximum absolute atomic E-state index is 13.5. The van der Waals surface area contributed by atoms with E-state index in [9.17, 15) is 4.79 Å². The standard InChI is InChI=1S/C22H21N3OS3/c1-13-9-15(11-16-5-3-7-27-16)19-17(10-13)20(18-6-4-8-28-18)25(24-19)22(26)21-14(2)23-12-29-21/h3-8,11-13,17,20H,9-10H2,1-2H3/b15-11+/t13-,17-,20+/m1/s1. The summed E-state index contributed by atoms with van der Waals surface area (Å²) < 4.78 is 0. The zero-order valence-electron chi connectivity index (χ0n) is 16.2. The van der Waals surface area contributed by atoms with Gasteiger partial charge >= 0.3 is 0 Å². The second kappa shape index (κ2) is 7.63. The quantitative estimate of drug-likeness (QED) is 0.484. The van der Waals surface area contributed by atoms with Crippen LogP contribution in [-0.4, -0.2) is 21.6 Å². The van der Waals surface area contributed by atoms with Gasteiger partial charge in [-0.1, -0.05) is 19.1 Å². The summed E-state index contributed by atoms with van der Waals surface area (Å²) in [6, 6.07) is 8.38. The number of aryl methyl sites for hydroxylation is 1. The van der Waals surface area contributed by atoms with Crippen LogP contribution in [0.2, 0.25) is 0 Å². The fraction of sp³-hybridized carbons (Fsp3) is 0.318. The molecule has 4 nitrogen and oxygen atoms in total. The number of fused-ring (bicyclic) bond motifs is 1. The Morgan fingerprint density at radius 1 is 1.21 bits per heavy atom. The highest BCUT2D eigenvalue weighted by Crippen LogP contribution is 2.47. The minimum atomic E-state index is -0.0339. The van der Waals surface area contributed by atoms with E-state index < -0.39 is 0 Å². The van der Waals surface area contributed by atoms with Crippen molar-refractivity contribution in [3.05, 3.63) is 66.4 Å². The number of amides is 1. The van der Waals surface area contributed by atoms with Gasteiger partial charge in [-0.3, -0.25) is 4.79 Å². The van der Waals surface area contributed by atoms with Crippen LogP contribution in [0.25, 0.3) is 6.08 Å². The third kappa shape index (κ3) is 3.41. The molecule has 3 aromatic rings. The van der Waals surface area contributed by atoms with Crippen molar-refractivity contribution < 1.29 is 4.79 Å². The zero-order valence-corrected chi connectivity index (χ0v) is 18.7. The van der Waals surface area contributed by atoms with Gasteiger partial charge in [-0.2, -0.15) is 5.10 Å². The lowest BCUT2D eigenvalue weighted by Crippen LogP contribution is -2.32. The molecular formula is C22H21N3OS3. The second-order valence-electron chi connectivity index (χ2n) is 7.70. The van der Waals surface area contributed by atoms with Crippen LogP contribution >= 0.6 is 34.0 Å². The third-order valence-electron chi connectivity index (χ3n) is 5.61. The van der Waals surface area contributed by atoms with E-state index in [0.29, 0.717) is 10.8 Å². The Labute approximate surface area is 182 Å². The molecule has 2 aliphatic rings. The molecule has 148 valence electrons. The van der Waals surface area contributed by atoms with Crippen molar-refractivity contribution in [2.24, 2.45) is 16.9 Å². The summed E-state index contributed by atoms with van der Waals surface area (Å²) in [5.41, 5.74) is 4.88. The molecule has 0 unspecified atom stereocenters. The Balaban J connectivity index is 1.60. The number of carbonyl (C=O) groups is 1. The molecule has 1 fully saturated rings. The fourth-order valence-electron chi connectivity index (χ4n) is 4.35. The van der Waals surface area contributed by atoms with Crippen LogP contribution in [0.1, 0.15) is 50.9 Å². The minimum absolute atomic E-state index is 0.0338. The van der Waals surface area contributed by atoms with E-state index in [0.717, 1.165) is 24.2 Å². The molecule has 0 radical (unpaired) electrons. The van der Waals surface area contributed by atoms with E-state index in [4.69, 9.17) is 5.10 Å². The first-order valence-corrected chi connectivity index (χ1v) is 12.4. The van der Waals surface area contributed by atoms with Crippen molar-refractivity contribution in [1.82, 2.24) is 9.99 Å². The first-order chi connectivity index (χ1) is 14.1. The van der Waals surface area contributed by atoms with Crippen LogP contribution in [0.5, 0.6) is 0 Å². The number of hydrazone groups is 1. The highest BCUT2D eigenvalue weighted by atomic mass is 32.1. The molecule has 0 N–H and O–H groups in total. The molecule has 0 saturated heterocycles. The number of hydrogen-bond acceptors (Lipinski definition) is 6. The molecule has 1 amide bonds. The summed E-state index contributed by atoms with van der Waals surface area (Å²) in [7, 11) is 0. The number of carbonyl (C=O) groups excluding carboxylic acids is 1. The van der Waals surface area contributed by atoms with E-state index in [-0.39, 0.29) is 17.9 Å². The Morgan fingerprint density at radius 3 is 2.72 bits per heavy atom. The summed E-state index contributed by atoms with van der Waals surface area (Å²) in [6.07, 6.45) is 4.32. The number of thiazole rings is 1. The number of thiophene rings is 2. The highest BCUT2D eigenvalue weighted by molar-refractivity contribution is 7.12. The SMILES string of the molecule is Cc1ncsc1C(=O)N1N=C2/C(=C/c3cccs3)C[C@@H](C)C[C@H]2[C@H]1c1cccs1. The van der Waals surface area contributed by atoms with Crippen LogP contribution < -0.4 is 0 Å². The van der Waals surface area contributed by atoms with E-state index in [2.05, 4.69) is 53.0 Å². The van der Waals surface area contributed by atoms with Gasteiger partial charge < -0.3 is 0 Å². The van der Waals surface area contributed by atoms with Crippen molar-refractivity contribution in [2.45, 2.75) is 32.7 Å². The summed E-state index contributed by atoms with van der Waals surface area (Å²) in [6.45, 7) is 4.20. The van der Waals surface area contributed by atoms with E-state index in [1.807, 2.05) is 6.92 Å². The van der Waals surface area contributed by atoms with Crippen molar-refractivity contribution >= 4 is 51.7 Å². The smallest absolute Gasteiger partial charge is 0.266 e. The van der Waals surface area contributed by atoms with Crippen LogP contribution in [0, 0.1) is 18.8 Å². The molecule has 0 aromatic carbocycles. The molecule has 29 heavy (non-hydrogen) atoms. The molecule has 1 aliphatic carbocycles. The van der Waals surface area contributed by atoms with Gasteiger partial charge in [0.2, 0.25) is 0 Å². The maximum atomic E-state index is 13.5. The predicted octanol–water partition coefficient (Wildman–Crippen LogP) is 6.26. The van der Waals surface area contributed by atoms with Crippen LogP contribution in [0.3, 0.4) is 0 Å². The Kier molecular flexibility index (Phi) is 4.97. The largest absolute Gasteiger partial charge is 0.286 e. The van der Waals surface area contributed by atoms with Crippen LogP contribution in [-0.2, 0) is 0 Å². The topological polar surface area (TPSA) is 45.6 Å². The van der Waals surface area contributed by atoms with Gasteiger partial charge in [0.25, 0.3) is 5.91 Å². The summed E-state index contributed by atoms with van der Waals surface area (Å²) >= 11 is 4.85. The van der Waals surface area contributed by atoms with Crippen LogP contribution in [0.4, 0.5) is 0 Å². The van der Waals surface area contributed by atoms with Gasteiger partial charge in [-0.05, 0) is 60.2 Å². The Morgan fingerprint density at radius 2 is 2.03 bits per heavy atom. The fourth-order valence-corrected chi connectivity index (χ4v) is 6.64. The van der Waals surface area contributed by atoms with Crippen molar-refractivity contribution in [2.75, 3.05) is 0 Å². The lowest BCUT2D eigenvalue weighted by molar-refractivity contribution is 0.0684. The van der Waals surface area contributed by atoms with Crippen LogP contribution in [0.15, 0.2) is 51.2 Å². The second-order valence-corrected chi connectivity index (χ2v) is 10.5. The number of allylic oxidation sites excluding steroid dienone is 1. The van der Waals surface area contributed by atoms with Gasteiger partial charge in [0, 0.05) is 15.7 Å². The first kappa shape index (κ1) is 18.9. The Bertz CT molecular complexity index is 1080. The molecule has 3 aromatic heterocycles. The predicted molar refractivity (Wildman–Crippen MR) is 122 cm³/mol. The lowest BCUT2D eigenvalue weighted by Gasteiger charge is -2.31. The number of aromatic nitrogens is 1. The first-order valence-electron chi connectivity index (χ1n) is 9.72. The van der Waals surface area contributed by atoms with Gasteiger partial charge in [0.05, 0.1) is 23.0 Å². The van der Waals surface area contributed by atoms with Crippen molar-refractivity contribution in [3.63, 3.8) is 0 Å². The third-order valence-corrected chi connectivity index (χ3v) is 8.29. The molecule has 0 bridgehead atoms. The monoisotopic (exact) mass is 439 g/mol. The summed E-state index contributed by atoms with van der Waals surface area (Å²) in [5.74, 6) is 0.766. The van der Waals surface area contributed by atoms with E-state index >= 15 is 0 Å². The molecule has 5 rings (SSSR count). The molecule has 1 aliphatic heterocycles. The average molecular weight is 440 g/mol. The van der Waals surface area contributed by atoms with E-state index in [1.165, 1.54) is 26.7 Å². The van der Waals surface area contributed by atoms with Crippen molar-refractivity contribution in [3.8, 4) is 0 Å². The van der Waals surface area contributed by atoms with Gasteiger partial charge in [0.15, 0.2) is 0 Å². The van der Waals surface area contributed by atoms with Crippen molar-refractivity contribution in [1.29, 1.82) is 0 Å². The molecule has 4 heterocycles. The number of nitrogens with zero attached hydrogens (tertiary/aromatic N) is 3. The maximum Gasteiger partial charge on any atom is 0.286 e. The highest BCUT2D eigenvalue weighted by Gasteiger charge is 2.46. The molecule has 0 spiro atoms. The lowest BCUT2D eigenvalue weighted by atomic mass is 9.74. The normalized spacial score (nSPS) is 25.3. The molecule has 7 heteroatoms.